The zero-order valence-electron chi connectivity index (χ0n) is 11.8. The number of ether oxygens (including phenoxy) is 1. The summed E-state index contributed by atoms with van der Waals surface area (Å²) in [5.74, 6) is 0.802. The van der Waals surface area contributed by atoms with Crippen molar-refractivity contribution in [1.82, 2.24) is 4.90 Å². The quantitative estimate of drug-likeness (QED) is 0.849. The number of rotatable bonds is 3. The van der Waals surface area contributed by atoms with E-state index in [1.54, 1.807) is 0 Å². The van der Waals surface area contributed by atoms with E-state index in [-0.39, 0.29) is 0 Å². The summed E-state index contributed by atoms with van der Waals surface area (Å²) < 4.78 is 5.44. The van der Waals surface area contributed by atoms with Crippen LogP contribution in [0, 0.1) is 5.92 Å². The molecule has 1 aliphatic carbocycles. The molecule has 0 aromatic heterocycles. The maximum atomic E-state index is 5.87. The lowest BCUT2D eigenvalue weighted by Crippen LogP contribution is -2.31. The fraction of sp³-hybridized carbons (Fsp3) is 0.625. The molecule has 1 atom stereocenters. The Bertz CT molecular complexity index is 440. The van der Waals surface area contributed by atoms with E-state index in [0.717, 1.165) is 24.8 Å². The molecule has 0 saturated carbocycles. The van der Waals surface area contributed by atoms with Gasteiger partial charge in [-0.05, 0) is 61.9 Å². The highest BCUT2D eigenvalue weighted by Crippen LogP contribution is 2.36. The number of hydrogen-bond acceptors (Lipinski definition) is 3. The predicted molar refractivity (Wildman–Crippen MR) is 78.1 cm³/mol. The van der Waals surface area contributed by atoms with Crippen LogP contribution in [0.1, 0.15) is 36.4 Å². The van der Waals surface area contributed by atoms with E-state index in [1.807, 2.05) is 6.07 Å². The van der Waals surface area contributed by atoms with Crippen LogP contribution in [0.4, 0.5) is 5.69 Å². The summed E-state index contributed by atoms with van der Waals surface area (Å²) >= 11 is 0. The topological polar surface area (TPSA) is 38.5 Å². The zero-order chi connectivity index (χ0) is 13.2. The normalized spacial score (nSPS) is 23.8. The van der Waals surface area contributed by atoms with Gasteiger partial charge in [-0.25, -0.2) is 0 Å². The molecule has 19 heavy (non-hydrogen) atoms. The molecular weight excluding hydrogens is 236 g/mol. The molecule has 1 aromatic rings. The van der Waals surface area contributed by atoms with Crippen molar-refractivity contribution in [1.29, 1.82) is 0 Å². The van der Waals surface area contributed by atoms with Crippen molar-refractivity contribution in [3.63, 3.8) is 0 Å². The Hall–Kier alpha value is -1.06. The van der Waals surface area contributed by atoms with Crippen molar-refractivity contribution >= 4 is 5.69 Å². The van der Waals surface area contributed by atoms with E-state index in [4.69, 9.17) is 10.5 Å². The molecule has 0 bridgehead atoms. The van der Waals surface area contributed by atoms with Crippen LogP contribution in [-0.2, 0) is 11.2 Å². The smallest absolute Gasteiger partial charge is 0.0469 e. The van der Waals surface area contributed by atoms with Crippen molar-refractivity contribution in [3.05, 3.63) is 29.3 Å². The van der Waals surface area contributed by atoms with Gasteiger partial charge in [0.2, 0.25) is 0 Å². The first-order valence-corrected chi connectivity index (χ1v) is 7.40. The number of aryl methyl sites for hydroxylation is 1. The number of benzene rings is 1. The van der Waals surface area contributed by atoms with Crippen LogP contribution < -0.4 is 5.73 Å². The second kappa shape index (κ2) is 5.51. The van der Waals surface area contributed by atoms with E-state index in [2.05, 4.69) is 24.1 Å². The van der Waals surface area contributed by atoms with E-state index in [1.165, 1.54) is 43.4 Å². The molecule has 1 aromatic carbocycles. The van der Waals surface area contributed by atoms with Crippen molar-refractivity contribution in [2.45, 2.75) is 31.7 Å². The fourth-order valence-corrected chi connectivity index (χ4v) is 3.54. The van der Waals surface area contributed by atoms with E-state index < -0.39 is 0 Å². The third-order valence-electron chi connectivity index (χ3n) is 4.63. The summed E-state index contributed by atoms with van der Waals surface area (Å²) in [6.07, 6.45) is 4.83. The van der Waals surface area contributed by atoms with E-state index >= 15 is 0 Å². The molecule has 3 rings (SSSR count). The maximum absolute atomic E-state index is 5.87. The largest absolute Gasteiger partial charge is 0.399 e. The first-order chi connectivity index (χ1) is 9.24. The van der Waals surface area contributed by atoms with Gasteiger partial charge < -0.3 is 10.5 Å². The molecule has 3 heteroatoms. The summed E-state index contributed by atoms with van der Waals surface area (Å²) in [4.78, 5) is 2.54. The lowest BCUT2D eigenvalue weighted by atomic mass is 9.98. The van der Waals surface area contributed by atoms with Crippen LogP contribution in [0.15, 0.2) is 18.2 Å². The van der Waals surface area contributed by atoms with Crippen LogP contribution in [-0.4, -0.2) is 31.7 Å². The van der Waals surface area contributed by atoms with Gasteiger partial charge in [-0.2, -0.15) is 0 Å². The van der Waals surface area contributed by atoms with Gasteiger partial charge >= 0.3 is 0 Å². The average Bonchev–Trinajstić information content (AvgIpc) is 2.82. The van der Waals surface area contributed by atoms with Crippen molar-refractivity contribution in [2.75, 3.05) is 32.5 Å². The molecular formula is C16H24N2O. The third kappa shape index (κ3) is 2.77. The second-order valence-electron chi connectivity index (χ2n) is 6.01. The molecule has 2 aliphatic rings. The van der Waals surface area contributed by atoms with Gasteiger partial charge in [0.25, 0.3) is 0 Å². The molecule has 1 heterocycles. The van der Waals surface area contributed by atoms with Gasteiger partial charge in [0.05, 0.1) is 0 Å². The van der Waals surface area contributed by atoms with Gasteiger partial charge in [-0.1, -0.05) is 6.07 Å². The molecule has 1 fully saturated rings. The minimum atomic E-state index is 0.582. The fourth-order valence-electron chi connectivity index (χ4n) is 3.54. The number of fused-ring (bicyclic) bond motifs is 1. The Balaban J connectivity index is 1.67. The minimum Gasteiger partial charge on any atom is -0.399 e. The van der Waals surface area contributed by atoms with Crippen molar-refractivity contribution in [2.24, 2.45) is 5.92 Å². The highest BCUT2D eigenvalue weighted by atomic mass is 16.5. The van der Waals surface area contributed by atoms with Gasteiger partial charge in [0, 0.05) is 31.5 Å². The molecule has 104 valence electrons. The lowest BCUT2D eigenvalue weighted by molar-refractivity contribution is 0.0503. The van der Waals surface area contributed by atoms with Crippen molar-refractivity contribution in [3.8, 4) is 0 Å². The molecule has 3 nitrogen and oxygen atoms in total. The molecule has 0 radical (unpaired) electrons. The third-order valence-corrected chi connectivity index (χ3v) is 4.63. The number of anilines is 1. The van der Waals surface area contributed by atoms with Crippen LogP contribution in [0.3, 0.4) is 0 Å². The van der Waals surface area contributed by atoms with Gasteiger partial charge in [-0.15, -0.1) is 0 Å². The summed E-state index contributed by atoms with van der Waals surface area (Å²) in [7, 11) is 2.27. The summed E-state index contributed by atoms with van der Waals surface area (Å²) in [5.41, 5.74) is 9.71. The summed E-state index contributed by atoms with van der Waals surface area (Å²) in [5, 5.41) is 0. The number of nitrogens with zero attached hydrogens (tertiary/aromatic N) is 1. The number of hydrogen-bond donors (Lipinski definition) is 1. The Morgan fingerprint density at radius 2 is 2.05 bits per heavy atom. The van der Waals surface area contributed by atoms with E-state index in [9.17, 15) is 0 Å². The monoisotopic (exact) mass is 260 g/mol. The van der Waals surface area contributed by atoms with Gasteiger partial charge in [0.1, 0.15) is 0 Å². The first kappa shape index (κ1) is 12.9. The molecule has 0 amide bonds. The maximum Gasteiger partial charge on any atom is 0.0469 e. The zero-order valence-corrected chi connectivity index (χ0v) is 11.8. The molecule has 2 N–H and O–H groups in total. The van der Waals surface area contributed by atoms with Crippen LogP contribution in [0.2, 0.25) is 0 Å². The Morgan fingerprint density at radius 3 is 2.84 bits per heavy atom. The van der Waals surface area contributed by atoms with Gasteiger partial charge in [-0.3, -0.25) is 4.90 Å². The molecule has 1 unspecified atom stereocenters. The molecule has 0 spiro atoms. The lowest BCUT2D eigenvalue weighted by Gasteiger charge is -2.31. The highest BCUT2D eigenvalue weighted by molar-refractivity contribution is 5.47. The summed E-state index contributed by atoms with van der Waals surface area (Å²) in [6, 6.07) is 7.00. The highest BCUT2D eigenvalue weighted by Gasteiger charge is 2.27. The van der Waals surface area contributed by atoms with Crippen LogP contribution in [0.25, 0.3) is 0 Å². The Morgan fingerprint density at radius 1 is 1.26 bits per heavy atom. The molecule has 1 saturated heterocycles. The Kier molecular flexibility index (Phi) is 3.76. The average molecular weight is 260 g/mol. The van der Waals surface area contributed by atoms with Crippen LogP contribution >= 0.6 is 0 Å². The van der Waals surface area contributed by atoms with Crippen LogP contribution in [0.5, 0.6) is 0 Å². The number of nitrogens with two attached hydrogens (primary N) is 1. The standard InChI is InChI=1S/C16H24N2O/c1-18(11-12-6-8-19-9-7-12)16-5-2-13-10-14(17)3-4-15(13)16/h3-4,10,12,16H,2,5-9,11,17H2,1H3. The SMILES string of the molecule is CN(CC1CCOCC1)C1CCc2cc(N)ccc21. The Labute approximate surface area is 115 Å². The summed E-state index contributed by atoms with van der Waals surface area (Å²) in [6.45, 7) is 3.07. The first-order valence-electron chi connectivity index (χ1n) is 7.40. The van der Waals surface area contributed by atoms with Gasteiger partial charge in [0.15, 0.2) is 0 Å². The second-order valence-corrected chi connectivity index (χ2v) is 6.01. The molecule has 1 aliphatic heterocycles. The van der Waals surface area contributed by atoms with E-state index in [0.29, 0.717) is 6.04 Å². The minimum absolute atomic E-state index is 0.582. The number of nitrogen functional groups attached to an aromatic ring is 1. The predicted octanol–water partition coefficient (Wildman–Crippen LogP) is 2.61. The van der Waals surface area contributed by atoms with Crippen molar-refractivity contribution < 1.29 is 4.74 Å².